The van der Waals surface area contributed by atoms with E-state index in [1.807, 2.05) is 29.2 Å². The Morgan fingerprint density at radius 3 is 2.72 bits per heavy atom. The first-order valence-electron chi connectivity index (χ1n) is 11.1. The van der Waals surface area contributed by atoms with Gasteiger partial charge in [-0.3, -0.25) is 14.5 Å². The first-order chi connectivity index (χ1) is 15.7. The maximum Gasteiger partial charge on any atom is 0.237 e. The Labute approximate surface area is 188 Å². The zero-order valence-electron chi connectivity index (χ0n) is 18.4. The molecule has 1 atom stereocenters. The molecule has 2 aliphatic heterocycles. The van der Waals surface area contributed by atoms with Crippen molar-refractivity contribution in [2.24, 2.45) is 0 Å². The van der Waals surface area contributed by atoms with Crippen LogP contribution in [0.5, 0.6) is 5.75 Å². The summed E-state index contributed by atoms with van der Waals surface area (Å²) in [4.78, 5) is 40.6. The summed E-state index contributed by atoms with van der Waals surface area (Å²) in [6.45, 7) is 4.58. The van der Waals surface area contributed by atoms with Crippen molar-refractivity contribution in [2.75, 3.05) is 51.3 Å². The number of para-hydroxylation sites is 1. The summed E-state index contributed by atoms with van der Waals surface area (Å²) < 4.78 is 5.47. The van der Waals surface area contributed by atoms with Gasteiger partial charge in [-0.2, -0.15) is 0 Å². The molecule has 0 spiro atoms. The summed E-state index contributed by atoms with van der Waals surface area (Å²) in [5.74, 6) is 1.40. The number of ether oxygens (including phenoxy) is 1. The van der Waals surface area contributed by atoms with E-state index in [4.69, 9.17) is 4.74 Å². The second-order valence-corrected chi connectivity index (χ2v) is 8.06. The number of nitrogens with one attached hydrogen (secondary N) is 1. The molecule has 1 unspecified atom stereocenters. The Hall–Kier alpha value is -3.20. The zero-order chi connectivity index (χ0) is 22.3. The maximum absolute atomic E-state index is 13.2. The average Bonchev–Trinajstić information content (AvgIpc) is 3.09. The molecule has 2 aliphatic rings. The molecule has 2 amide bonds. The maximum atomic E-state index is 13.2. The van der Waals surface area contributed by atoms with Crippen LogP contribution in [0.4, 0.5) is 5.95 Å². The number of piperazine rings is 1. The highest BCUT2D eigenvalue weighted by molar-refractivity contribution is 5.89. The minimum absolute atomic E-state index is 0.00732. The highest BCUT2D eigenvalue weighted by atomic mass is 16.5. The van der Waals surface area contributed by atoms with Crippen molar-refractivity contribution < 1.29 is 14.3 Å². The topological polar surface area (TPSA) is 90.9 Å². The third kappa shape index (κ3) is 5.16. The lowest BCUT2D eigenvalue weighted by atomic mass is 10.1. The van der Waals surface area contributed by atoms with Crippen molar-refractivity contribution in [3.05, 3.63) is 48.3 Å². The zero-order valence-corrected chi connectivity index (χ0v) is 18.4. The Morgan fingerprint density at radius 2 is 1.91 bits per heavy atom. The second-order valence-electron chi connectivity index (χ2n) is 8.06. The number of rotatable bonds is 6. The number of methoxy groups -OCH3 is 1. The third-order valence-corrected chi connectivity index (χ3v) is 6.06. The van der Waals surface area contributed by atoms with Crippen molar-refractivity contribution in [3.63, 3.8) is 0 Å². The number of benzene rings is 1. The highest BCUT2D eigenvalue weighted by Crippen LogP contribution is 2.22. The van der Waals surface area contributed by atoms with Gasteiger partial charge in [0.05, 0.1) is 19.6 Å². The van der Waals surface area contributed by atoms with Crippen molar-refractivity contribution in [1.82, 2.24) is 25.1 Å². The number of hydrogen-bond donors (Lipinski definition) is 1. The molecule has 1 aromatic heterocycles. The van der Waals surface area contributed by atoms with E-state index in [0.29, 0.717) is 45.2 Å². The minimum Gasteiger partial charge on any atom is -0.496 e. The monoisotopic (exact) mass is 438 g/mol. The molecule has 170 valence electrons. The molecule has 2 aromatic rings. The Kier molecular flexibility index (Phi) is 7.16. The fourth-order valence-corrected chi connectivity index (χ4v) is 4.34. The fourth-order valence-electron chi connectivity index (χ4n) is 4.34. The van der Waals surface area contributed by atoms with Crippen LogP contribution < -0.4 is 15.0 Å². The summed E-state index contributed by atoms with van der Waals surface area (Å²) in [5.41, 5.74) is 1.01. The van der Waals surface area contributed by atoms with E-state index in [9.17, 15) is 9.59 Å². The van der Waals surface area contributed by atoms with Gasteiger partial charge < -0.3 is 19.9 Å². The van der Waals surface area contributed by atoms with E-state index in [-0.39, 0.29) is 18.2 Å². The predicted octanol–water partition coefficient (Wildman–Crippen LogP) is 0.915. The molecule has 1 N–H and O–H groups in total. The van der Waals surface area contributed by atoms with Crippen molar-refractivity contribution in [3.8, 4) is 5.75 Å². The van der Waals surface area contributed by atoms with Gasteiger partial charge in [-0.05, 0) is 18.6 Å². The Morgan fingerprint density at radius 1 is 1.09 bits per heavy atom. The normalized spacial score (nSPS) is 19.9. The number of carbonyl (C=O) groups is 2. The molecule has 2 fully saturated rings. The highest BCUT2D eigenvalue weighted by Gasteiger charge is 2.33. The van der Waals surface area contributed by atoms with Gasteiger partial charge in [0, 0.05) is 63.8 Å². The van der Waals surface area contributed by atoms with Gasteiger partial charge in [0.25, 0.3) is 0 Å². The fraction of sp³-hybridized carbons (Fsp3) is 0.478. The molecule has 0 saturated carbocycles. The number of nitrogens with zero attached hydrogens (tertiary/aromatic N) is 5. The first-order valence-corrected chi connectivity index (χ1v) is 11.1. The summed E-state index contributed by atoms with van der Waals surface area (Å²) in [5, 5.41) is 2.92. The number of amides is 2. The van der Waals surface area contributed by atoms with E-state index >= 15 is 0 Å². The van der Waals surface area contributed by atoms with Gasteiger partial charge in [0.1, 0.15) is 5.75 Å². The number of hydrogen-bond acceptors (Lipinski definition) is 7. The first kappa shape index (κ1) is 22.0. The predicted molar refractivity (Wildman–Crippen MR) is 120 cm³/mol. The van der Waals surface area contributed by atoms with Crippen LogP contribution in [0.25, 0.3) is 0 Å². The SMILES string of the molecule is COc1ccccc1CN1CCNC(=O)C1CC(=O)N1CCCN(c2ncccn2)CC1. The molecular formula is C23H30N6O3. The summed E-state index contributed by atoms with van der Waals surface area (Å²) >= 11 is 0. The van der Waals surface area contributed by atoms with Crippen molar-refractivity contribution >= 4 is 17.8 Å². The van der Waals surface area contributed by atoms with Gasteiger partial charge in [-0.25, -0.2) is 9.97 Å². The summed E-state index contributed by atoms with van der Waals surface area (Å²) in [7, 11) is 1.64. The van der Waals surface area contributed by atoms with E-state index in [0.717, 1.165) is 24.3 Å². The van der Waals surface area contributed by atoms with Crippen LogP contribution in [0.2, 0.25) is 0 Å². The van der Waals surface area contributed by atoms with Gasteiger partial charge in [-0.15, -0.1) is 0 Å². The molecule has 0 bridgehead atoms. The van der Waals surface area contributed by atoms with E-state index in [2.05, 4.69) is 25.1 Å². The number of carbonyl (C=O) groups excluding carboxylic acids is 2. The van der Waals surface area contributed by atoms with Crippen LogP contribution in [0.15, 0.2) is 42.7 Å². The molecular weight excluding hydrogens is 408 g/mol. The molecule has 3 heterocycles. The van der Waals surface area contributed by atoms with Crippen LogP contribution in [0, 0.1) is 0 Å². The lowest BCUT2D eigenvalue weighted by Crippen LogP contribution is -2.56. The summed E-state index contributed by atoms with van der Waals surface area (Å²) in [6.07, 6.45) is 4.47. The van der Waals surface area contributed by atoms with E-state index in [1.54, 1.807) is 25.6 Å². The Balaban J connectivity index is 1.40. The molecule has 32 heavy (non-hydrogen) atoms. The van der Waals surface area contributed by atoms with Crippen LogP contribution in [0.1, 0.15) is 18.4 Å². The molecule has 0 radical (unpaired) electrons. The average molecular weight is 439 g/mol. The lowest BCUT2D eigenvalue weighted by molar-refractivity contribution is -0.139. The van der Waals surface area contributed by atoms with Gasteiger partial charge in [-0.1, -0.05) is 18.2 Å². The number of aromatic nitrogens is 2. The molecule has 2 saturated heterocycles. The lowest BCUT2D eigenvalue weighted by Gasteiger charge is -2.36. The van der Waals surface area contributed by atoms with Crippen LogP contribution in [0.3, 0.4) is 0 Å². The Bertz CT molecular complexity index is 925. The largest absolute Gasteiger partial charge is 0.496 e. The van der Waals surface area contributed by atoms with Gasteiger partial charge >= 0.3 is 0 Å². The van der Waals surface area contributed by atoms with Gasteiger partial charge in [0.15, 0.2) is 0 Å². The molecule has 9 nitrogen and oxygen atoms in total. The molecule has 0 aliphatic carbocycles. The molecule has 1 aromatic carbocycles. The standard InChI is InChI=1S/C23H30N6O3/c1-32-20-7-3-2-6-18(20)17-29-13-10-24-22(31)19(29)16-21(30)27-11-5-12-28(15-14-27)23-25-8-4-9-26-23/h2-4,6-9,19H,5,10-17H2,1H3,(H,24,31). The molecule has 9 heteroatoms. The second kappa shape index (κ2) is 10.4. The molecule has 4 rings (SSSR count). The smallest absolute Gasteiger partial charge is 0.237 e. The van der Waals surface area contributed by atoms with E-state index in [1.165, 1.54) is 0 Å². The number of anilines is 1. The van der Waals surface area contributed by atoms with Crippen molar-refractivity contribution in [2.45, 2.75) is 25.4 Å². The van der Waals surface area contributed by atoms with Crippen LogP contribution in [-0.4, -0.2) is 84.0 Å². The minimum atomic E-state index is -0.488. The van der Waals surface area contributed by atoms with Crippen LogP contribution >= 0.6 is 0 Å². The van der Waals surface area contributed by atoms with Crippen molar-refractivity contribution in [1.29, 1.82) is 0 Å². The third-order valence-electron chi connectivity index (χ3n) is 6.06. The van der Waals surface area contributed by atoms with Gasteiger partial charge in [0.2, 0.25) is 17.8 Å². The quantitative estimate of drug-likeness (QED) is 0.717. The van der Waals surface area contributed by atoms with E-state index < -0.39 is 6.04 Å². The van der Waals surface area contributed by atoms with Crippen LogP contribution in [-0.2, 0) is 16.1 Å². The summed E-state index contributed by atoms with van der Waals surface area (Å²) in [6, 6.07) is 9.11.